The van der Waals surface area contributed by atoms with Crippen LogP contribution >= 0.6 is 0 Å². The quantitative estimate of drug-likeness (QED) is 0.674. The minimum absolute atomic E-state index is 0.382. The van der Waals surface area contributed by atoms with Crippen LogP contribution < -0.4 is 16.8 Å². The molecule has 1 aliphatic rings. The molecular formula is C14H22N4O. The van der Waals surface area contributed by atoms with Gasteiger partial charge >= 0.3 is 0 Å². The van der Waals surface area contributed by atoms with Crippen molar-refractivity contribution in [2.45, 2.75) is 31.8 Å². The number of amides is 1. The predicted octanol–water partition coefficient (Wildman–Crippen LogP) is 1.26. The van der Waals surface area contributed by atoms with Crippen LogP contribution in [0.25, 0.3) is 0 Å². The van der Waals surface area contributed by atoms with Crippen molar-refractivity contribution in [3.8, 4) is 0 Å². The Morgan fingerprint density at radius 2 is 2.21 bits per heavy atom. The van der Waals surface area contributed by atoms with E-state index in [1.807, 2.05) is 0 Å². The van der Waals surface area contributed by atoms with Gasteiger partial charge in [0.15, 0.2) is 0 Å². The van der Waals surface area contributed by atoms with E-state index in [9.17, 15) is 4.79 Å². The predicted molar refractivity (Wildman–Crippen MR) is 78.1 cm³/mol. The molecule has 1 atom stereocenters. The number of carbonyl (C=O) groups excluding carboxylic acids is 1. The van der Waals surface area contributed by atoms with Gasteiger partial charge in [0, 0.05) is 18.6 Å². The molecule has 0 aromatic heterocycles. The molecule has 0 heterocycles. The highest BCUT2D eigenvalue weighted by atomic mass is 16.1. The maximum Gasteiger partial charge on any atom is 0.250 e. The number of hydrogen-bond donors (Lipinski definition) is 3. The van der Waals surface area contributed by atoms with Gasteiger partial charge in [0.25, 0.3) is 5.91 Å². The number of nitrogen functional groups attached to an aromatic ring is 1. The Balaban J connectivity index is 2.04. The van der Waals surface area contributed by atoms with Gasteiger partial charge in [-0.25, -0.2) is 0 Å². The third-order valence-corrected chi connectivity index (χ3v) is 3.75. The van der Waals surface area contributed by atoms with Crippen LogP contribution in [0.1, 0.15) is 30.1 Å². The summed E-state index contributed by atoms with van der Waals surface area (Å²) in [5.41, 5.74) is 12.9. The number of nitrogens with one attached hydrogen (secondary N) is 1. The molecule has 0 spiro atoms. The monoisotopic (exact) mass is 262 g/mol. The lowest BCUT2D eigenvalue weighted by atomic mass is 10.1. The first-order valence-corrected chi connectivity index (χ1v) is 6.64. The molecule has 1 fully saturated rings. The lowest BCUT2D eigenvalue weighted by molar-refractivity contribution is 0.100. The van der Waals surface area contributed by atoms with Crippen LogP contribution in [0.5, 0.6) is 0 Å². The Morgan fingerprint density at radius 1 is 1.53 bits per heavy atom. The van der Waals surface area contributed by atoms with Crippen LogP contribution in [-0.4, -0.2) is 36.5 Å². The fourth-order valence-corrected chi connectivity index (χ4v) is 2.21. The summed E-state index contributed by atoms with van der Waals surface area (Å²) in [4.78, 5) is 13.7. The van der Waals surface area contributed by atoms with E-state index in [1.54, 1.807) is 18.2 Å². The second-order valence-electron chi connectivity index (χ2n) is 5.26. The lowest BCUT2D eigenvalue weighted by Gasteiger charge is -2.25. The maximum absolute atomic E-state index is 11.4. The van der Waals surface area contributed by atoms with Gasteiger partial charge in [-0.3, -0.25) is 9.69 Å². The molecule has 5 heteroatoms. The van der Waals surface area contributed by atoms with Gasteiger partial charge in [-0.05, 0) is 38.9 Å². The third kappa shape index (κ3) is 3.17. The van der Waals surface area contributed by atoms with Crippen molar-refractivity contribution in [1.82, 2.24) is 4.90 Å². The number of benzene rings is 1. The molecule has 2 rings (SSSR count). The van der Waals surface area contributed by atoms with Crippen molar-refractivity contribution in [3.63, 3.8) is 0 Å². The molecule has 1 aromatic carbocycles. The summed E-state index contributed by atoms with van der Waals surface area (Å²) in [5.74, 6) is -0.460. The number of likely N-dealkylation sites (N-methyl/N-ethyl adjacent to an activating group) is 1. The highest BCUT2D eigenvalue weighted by molar-refractivity contribution is 6.01. The van der Waals surface area contributed by atoms with Crippen LogP contribution in [0.3, 0.4) is 0 Å². The molecule has 0 aliphatic heterocycles. The average molecular weight is 262 g/mol. The Kier molecular flexibility index (Phi) is 3.95. The van der Waals surface area contributed by atoms with Crippen molar-refractivity contribution in [2.75, 3.05) is 24.6 Å². The number of hydrogen-bond acceptors (Lipinski definition) is 4. The van der Waals surface area contributed by atoms with E-state index in [4.69, 9.17) is 11.5 Å². The van der Waals surface area contributed by atoms with Crippen molar-refractivity contribution in [1.29, 1.82) is 0 Å². The second-order valence-corrected chi connectivity index (χ2v) is 5.26. The molecular weight excluding hydrogens is 240 g/mol. The van der Waals surface area contributed by atoms with Gasteiger partial charge in [0.1, 0.15) is 0 Å². The number of primary amides is 1. The van der Waals surface area contributed by atoms with Crippen LogP contribution in [-0.2, 0) is 0 Å². The van der Waals surface area contributed by atoms with E-state index in [0.29, 0.717) is 29.0 Å². The zero-order chi connectivity index (χ0) is 14.0. The molecule has 1 saturated carbocycles. The summed E-state index contributed by atoms with van der Waals surface area (Å²) in [6.45, 7) is 2.90. The molecule has 1 aromatic rings. The lowest BCUT2D eigenvalue weighted by Crippen LogP contribution is -2.36. The molecule has 5 nitrogen and oxygen atoms in total. The maximum atomic E-state index is 11.4. The summed E-state index contributed by atoms with van der Waals surface area (Å²) in [6, 6.07) is 6.29. The zero-order valence-corrected chi connectivity index (χ0v) is 11.5. The molecule has 1 amide bonds. The van der Waals surface area contributed by atoms with E-state index >= 15 is 0 Å². The molecule has 1 unspecified atom stereocenters. The molecule has 0 saturated heterocycles. The smallest absolute Gasteiger partial charge is 0.250 e. The molecule has 0 radical (unpaired) electrons. The van der Waals surface area contributed by atoms with Crippen LogP contribution in [0, 0.1) is 0 Å². The van der Waals surface area contributed by atoms with Crippen molar-refractivity contribution in [3.05, 3.63) is 23.8 Å². The summed E-state index contributed by atoms with van der Waals surface area (Å²) in [6.07, 6.45) is 2.56. The largest absolute Gasteiger partial charge is 0.397 e. The second kappa shape index (κ2) is 5.48. The number of rotatable bonds is 6. The van der Waals surface area contributed by atoms with E-state index < -0.39 is 5.91 Å². The highest BCUT2D eigenvalue weighted by Crippen LogP contribution is 2.28. The standard InChI is InChI=1S/C14H22N4O/c1-9(18(2)10-6-7-10)8-17-13-11(14(16)19)4-3-5-12(13)15/h3-5,9-10,17H,6-8,15H2,1-2H3,(H2,16,19). The Labute approximate surface area is 113 Å². The van der Waals surface area contributed by atoms with Gasteiger partial charge in [-0.2, -0.15) is 0 Å². The topological polar surface area (TPSA) is 84.4 Å². The molecule has 1 aliphatic carbocycles. The Bertz CT molecular complexity index is 471. The molecule has 19 heavy (non-hydrogen) atoms. The number of anilines is 2. The summed E-state index contributed by atoms with van der Waals surface area (Å²) in [7, 11) is 2.13. The van der Waals surface area contributed by atoms with Crippen LogP contribution in [0.4, 0.5) is 11.4 Å². The van der Waals surface area contributed by atoms with E-state index in [-0.39, 0.29) is 0 Å². The van der Waals surface area contributed by atoms with Crippen LogP contribution in [0.15, 0.2) is 18.2 Å². The minimum Gasteiger partial charge on any atom is -0.397 e. The fourth-order valence-electron chi connectivity index (χ4n) is 2.21. The third-order valence-electron chi connectivity index (χ3n) is 3.75. The van der Waals surface area contributed by atoms with Gasteiger partial charge < -0.3 is 16.8 Å². The zero-order valence-electron chi connectivity index (χ0n) is 11.5. The van der Waals surface area contributed by atoms with Gasteiger partial charge in [-0.1, -0.05) is 6.07 Å². The van der Waals surface area contributed by atoms with E-state index in [0.717, 1.165) is 6.54 Å². The first kappa shape index (κ1) is 13.7. The average Bonchev–Trinajstić information content (AvgIpc) is 3.19. The number of nitrogens with zero attached hydrogens (tertiary/aromatic N) is 1. The fraction of sp³-hybridized carbons (Fsp3) is 0.500. The summed E-state index contributed by atoms with van der Waals surface area (Å²) < 4.78 is 0. The van der Waals surface area contributed by atoms with Gasteiger partial charge in [-0.15, -0.1) is 0 Å². The normalized spacial score (nSPS) is 16.4. The molecule has 104 valence electrons. The summed E-state index contributed by atoms with van der Waals surface area (Å²) in [5, 5.41) is 3.26. The van der Waals surface area contributed by atoms with E-state index in [1.165, 1.54) is 12.8 Å². The SMILES string of the molecule is CC(CNc1c(N)cccc1C(N)=O)N(C)C1CC1. The number of nitrogens with two attached hydrogens (primary N) is 2. The molecule has 5 N–H and O–H groups in total. The molecule has 0 bridgehead atoms. The highest BCUT2D eigenvalue weighted by Gasteiger charge is 2.29. The number of carbonyl (C=O) groups is 1. The Hall–Kier alpha value is -1.75. The number of para-hydroxylation sites is 1. The first-order chi connectivity index (χ1) is 9.00. The van der Waals surface area contributed by atoms with Crippen molar-refractivity contribution >= 4 is 17.3 Å². The first-order valence-electron chi connectivity index (χ1n) is 6.64. The van der Waals surface area contributed by atoms with Gasteiger partial charge in [0.05, 0.1) is 16.9 Å². The minimum atomic E-state index is -0.460. The van der Waals surface area contributed by atoms with Gasteiger partial charge in [0.2, 0.25) is 0 Å². The van der Waals surface area contributed by atoms with Crippen LogP contribution in [0.2, 0.25) is 0 Å². The summed E-state index contributed by atoms with van der Waals surface area (Å²) >= 11 is 0. The van der Waals surface area contributed by atoms with E-state index in [2.05, 4.69) is 24.2 Å². The van der Waals surface area contributed by atoms with Crippen molar-refractivity contribution < 1.29 is 4.79 Å². The Morgan fingerprint density at radius 3 is 2.79 bits per heavy atom. The van der Waals surface area contributed by atoms with Crippen molar-refractivity contribution in [2.24, 2.45) is 5.73 Å².